The second-order valence-corrected chi connectivity index (χ2v) is 3.78. The zero-order valence-corrected chi connectivity index (χ0v) is 11.0. The van der Waals surface area contributed by atoms with Crippen LogP contribution < -0.4 is 4.83 Å². The SMILES string of the molecule is O=C(O)C(F)(F)F.O=C1C=CC=NNSC=CC(=O)C=C1. The highest BCUT2D eigenvalue weighted by molar-refractivity contribution is 8.00. The lowest BCUT2D eigenvalue weighted by Gasteiger charge is -1.93. The minimum absolute atomic E-state index is 0.231. The van der Waals surface area contributed by atoms with Crippen LogP contribution in [0.25, 0.3) is 0 Å². The summed E-state index contributed by atoms with van der Waals surface area (Å²) < 4.78 is 31.7. The molecule has 0 atom stereocenters. The van der Waals surface area contributed by atoms with Crippen molar-refractivity contribution in [2.24, 2.45) is 5.10 Å². The first-order valence-electron chi connectivity index (χ1n) is 5.06. The van der Waals surface area contributed by atoms with Gasteiger partial charge in [0.2, 0.25) is 0 Å². The van der Waals surface area contributed by atoms with E-state index in [4.69, 9.17) is 9.90 Å². The van der Waals surface area contributed by atoms with Crippen molar-refractivity contribution in [3.05, 3.63) is 35.8 Å². The smallest absolute Gasteiger partial charge is 0.475 e. The van der Waals surface area contributed by atoms with Gasteiger partial charge in [-0.25, -0.2) is 9.63 Å². The summed E-state index contributed by atoms with van der Waals surface area (Å²) in [7, 11) is 0. The zero-order valence-electron chi connectivity index (χ0n) is 10.2. The number of hydrogen-bond acceptors (Lipinski definition) is 6. The van der Waals surface area contributed by atoms with E-state index in [1.807, 2.05) is 0 Å². The topological polar surface area (TPSA) is 95.8 Å². The molecule has 1 heterocycles. The number of hydrogen-bond donors (Lipinski definition) is 2. The Kier molecular flexibility index (Phi) is 8.46. The second-order valence-electron chi connectivity index (χ2n) is 3.09. The summed E-state index contributed by atoms with van der Waals surface area (Å²) in [6, 6.07) is 0. The van der Waals surface area contributed by atoms with Crippen molar-refractivity contribution in [2.45, 2.75) is 6.18 Å². The van der Waals surface area contributed by atoms with E-state index in [9.17, 15) is 22.8 Å². The molecule has 0 fully saturated rings. The molecule has 1 aliphatic rings. The molecule has 0 spiro atoms. The summed E-state index contributed by atoms with van der Waals surface area (Å²) >= 11 is 1.17. The third-order valence-electron chi connectivity index (χ3n) is 1.48. The fourth-order valence-electron chi connectivity index (χ4n) is 0.649. The Morgan fingerprint density at radius 3 is 2.19 bits per heavy atom. The molecule has 0 saturated carbocycles. The van der Waals surface area contributed by atoms with Crippen molar-refractivity contribution in [3.63, 3.8) is 0 Å². The highest BCUT2D eigenvalue weighted by atomic mass is 32.2. The van der Waals surface area contributed by atoms with Crippen molar-refractivity contribution >= 4 is 35.7 Å². The standard InChI is InChI=1S/C9H8N2O2S.C2HF3O2/c12-8-2-1-6-10-11-14-7-5-9(13)4-3-8;3-2(4,5)1(6)7/h1-7,11H;(H,6,7). The molecule has 1 aliphatic heterocycles. The Bertz CT molecular complexity index is 510. The van der Waals surface area contributed by atoms with E-state index in [1.165, 1.54) is 48.5 Å². The number of rotatable bonds is 0. The number of carboxylic acids is 1. The lowest BCUT2D eigenvalue weighted by molar-refractivity contribution is -0.192. The largest absolute Gasteiger partial charge is 0.490 e. The van der Waals surface area contributed by atoms with Crippen LogP contribution in [0, 0.1) is 0 Å². The summed E-state index contributed by atoms with van der Waals surface area (Å²) in [4.78, 5) is 33.5. The maximum Gasteiger partial charge on any atom is 0.490 e. The molecule has 0 bridgehead atoms. The van der Waals surface area contributed by atoms with E-state index in [1.54, 1.807) is 5.41 Å². The molecule has 0 aromatic carbocycles. The summed E-state index contributed by atoms with van der Waals surface area (Å²) in [6.07, 6.45) is 2.98. The molecular weight excluding hydrogens is 313 g/mol. The summed E-state index contributed by atoms with van der Waals surface area (Å²) in [5.74, 6) is -3.23. The van der Waals surface area contributed by atoms with Gasteiger partial charge in [0.15, 0.2) is 11.6 Å². The van der Waals surface area contributed by atoms with E-state index in [-0.39, 0.29) is 11.6 Å². The van der Waals surface area contributed by atoms with Gasteiger partial charge in [-0.05, 0) is 47.7 Å². The number of nitrogens with zero attached hydrogens (tertiary/aromatic N) is 1. The molecule has 0 saturated heterocycles. The number of carbonyl (C=O) groups is 3. The molecule has 0 aromatic rings. The van der Waals surface area contributed by atoms with E-state index >= 15 is 0 Å². The van der Waals surface area contributed by atoms with Gasteiger partial charge in [-0.3, -0.25) is 9.59 Å². The molecule has 21 heavy (non-hydrogen) atoms. The van der Waals surface area contributed by atoms with Crippen molar-refractivity contribution < 1.29 is 32.7 Å². The normalized spacial score (nSPS) is 15.4. The van der Waals surface area contributed by atoms with Gasteiger partial charge in [0.25, 0.3) is 0 Å². The van der Waals surface area contributed by atoms with Crippen LogP contribution in [-0.2, 0) is 14.4 Å². The van der Waals surface area contributed by atoms with Crippen LogP contribution in [-0.4, -0.2) is 35.0 Å². The first kappa shape index (κ1) is 18.6. The third kappa shape index (κ3) is 11.2. The second kappa shape index (κ2) is 9.53. The molecule has 6 nitrogen and oxygen atoms in total. The molecule has 0 amide bonds. The summed E-state index contributed by atoms with van der Waals surface area (Å²) in [5.41, 5.74) is 0. The van der Waals surface area contributed by atoms with E-state index in [0.29, 0.717) is 0 Å². The van der Waals surface area contributed by atoms with Gasteiger partial charge in [-0.2, -0.15) is 18.3 Å². The van der Waals surface area contributed by atoms with E-state index < -0.39 is 12.1 Å². The first-order chi connectivity index (χ1) is 9.73. The van der Waals surface area contributed by atoms with E-state index in [2.05, 4.69) is 9.93 Å². The molecule has 0 aliphatic carbocycles. The minimum atomic E-state index is -5.08. The lowest BCUT2D eigenvalue weighted by atomic mass is 10.3. The first-order valence-corrected chi connectivity index (χ1v) is 5.94. The predicted molar refractivity (Wildman–Crippen MR) is 70.3 cm³/mol. The maximum absolute atomic E-state index is 11.0. The summed E-state index contributed by atoms with van der Waals surface area (Å²) in [5, 5.41) is 12.4. The van der Waals surface area contributed by atoms with Crippen LogP contribution in [0.3, 0.4) is 0 Å². The van der Waals surface area contributed by atoms with Gasteiger partial charge < -0.3 is 5.11 Å². The fraction of sp³-hybridized carbons (Fsp3) is 0.0909. The molecule has 0 unspecified atom stereocenters. The lowest BCUT2D eigenvalue weighted by Crippen LogP contribution is -2.21. The van der Waals surface area contributed by atoms with Crippen LogP contribution in [0.5, 0.6) is 0 Å². The Morgan fingerprint density at radius 2 is 1.67 bits per heavy atom. The molecule has 2 N–H and O–H groups in total. The Morgan fingerprint density at radius 1 is 1.14 bits per heavy atom. The van der Waals surface area contributed by atoms with E-state index in [0.717, 1.165) is 0 Å². The molecule has 0 aromatic heterocycles. The van der Waals surface area contributed by atoms with Crippen LogP contribution in [0.2, 0.25) is 0 Å². The summed E-state index contributed by atoms with van der Waals surface area (Å²) in [6.45, 7) is 0. The number of alkyl halides is 3. The molecule has 10 heteroatoms. The molecule has 1 rings (SSSR count). The van der Waals surface area contributed by atoms with Crippen LogP contribution in [0.15, 0.2) is 40.9 Å². The van der Waals surface area contributed by atoms with Crippen molar-refractivity contribution in [2.75, 3.05) is 0 Å². The van der Waals surface area contributed by atoms with Gasteiger partial charge in [0, 0.05) is 6.21 Å². The van der Waals surface area contributed by atoms with Gasteiger partial charge in [0.1, 0.15) is 0 Å². The van der Waals surface area contributed by atoms with Crippen LogP contribution in [0.4, 0.5) is 13.2 Å². The monoisotopic (exact) mass is 322 g/mol. The molecule has 0 radical (unpaired) electrons. The van der Waals surface area contributed by atoms with Crippen LogP contribution in [0.1, 0.15) is 0 Å². The Labute approximate surface area is 121 Å². The molecular formula is C11H9F3N2O4S. The fourth-order valence-corrected chi connectivity index (χ4v) is 1.03. The Balaban J connectivity index is 0.000000486. The van der Waals surface area contributed by atoms with Gasteiger partial charge in [-0.1, -0.05) is 0 Å². The minimum Gasteiger partial charge on any atom is -0.475 e. The van der Waals surface area contributed by atoms with Crippen molar-refractivity contribution in [1.82, 2.24) is 4.83 Å². The highest BCUT2D eigenvalue weighted by Gasteiger charge is 2.38. The Hall–Kier alpha value is -2.36. The zero-order chi connectivity index (χ0) is 16.3. The third-order valence-corrected chi connectivity index (χ3v) is 1.96. The maximum atomic E-state index is 11.0. The van der Waals surface area contributed by atoms with Gasteiger partial charge in [-0.15, -0.1) is 0 Å². The van der Waals surface area contributed by atoms with Gasteiger partial charge in [0.05, 0.1) is 0 Å². The number of halogens is 3. The number of allylic oxidation sites excluding steroid dienone is 5. The number of hydrazone groups is 1. The van der Waals surface area contributed by atoms with Crippen LogP contribution >= 0.6 is 11.9 Å². The number of carboxylic acid groups (broad SMARTS) is 1. The predicted octanol–water partition coefficient (Wildman–Crippen LogP) is 1.62. The number of carbonyl (C=O) groups excluding carboxylic acids is 2. The number of aliphatic carboxylic acids is 1. The highest BCUT2D eigenvalue weighted by Crippen LogP contribution is 2.13. The molecule has 114 valence electrons. The van der Waals surface area contributed by atoms with Gasteiger partial charge >= 0.3 is 12.1 Å². The quantitative estimate of drug-likeness (QED) is 0.658. The average Bonchev–Trinajstić information content (AvgIpc) is 2.37. The van der Waals surface area contributed by atoms with Crippen molar-refractivity contribution in [1.29, 1.82) is 0 Å². The average molecular weight is 322 g/mol. The number of ketones is 2. The number of nitrogens with one attached hydrogen (secondary N) is 1. The van der Waals surface area contributed by atoms with Crippen molar-refractivity contribution in [3.8, 4) is 0 Å².